The Balaban J connectivity index is 1.93. The summed E-state index contributed by atoms with van der Waals surface area (Å²) in [6, 6.07) is 6.76. The molecule has 1 heterocycles. The fraction of sp³-hybridized carbons (Fsp3) is 0.467. The molecule has 1 aromatic carbocycles. The normalized spacial score (nSPS) is 19.1. The van der Waals surface area contributed by atoms with Crippen LogP contribution in [0, 0.1) is 0 Å². The lowest BCUT2D eigenvalue weighted by Crippen LogP contribution is -2.34. The lowest BCUT2D eigenvalue weighted by atomic mass is 9.91. The average Bonchev–Trinajstić information content (AvgIpc) is 2.74. The predicted octanol–water partition coefficient (Wildman–Crippen LogP) is 3.68. The second-order valence-corrected chi connectivity index (χ2v) is 5.60. The first-order valence-corrected chi connectivity index (χ1v) is 7.18. The Labute approximate surface area is 113 Å². The maximum Gasteiger partial charge on any atom is 0.0460 e. The molecule has 3 heteroatoms. The summed E-state index contributed by atoms with van der Waals surface area (Å²) < 4.78 is 0. The van der Waals surface area contributed by atoms with E-state index in [1.165, 1.54) is 35.0 Å². The van der Waals surface area contributed by atoms with Crippen molar-refractivity contribution in [1.29, 1.82) is 0 Å². The number of hydrogen-bond donors (Lipinski definition) is 2. The fourth-order valence-corrected chi connectivity index (χ4v) is 3.08. The van der Waals surface area contributed by atoms with Crippen LogP contribution in [0.1, 0.15) is 31.0 Å². The monoisotopic (exact) mass is 262 g/mol. The van der Waals surface area contributed by atoms with E-state index in [-0.39, 0.29) is 0 Å². The minimum absolute atomic E-state index is 0.621. The molecular formula is C15H19ClN2. The average molecular weight is 263 g/mol. The van der Waals surface area contributed by atoms with Gasteiger partial charge in [0.1, 0.15) is 0 Å². The fourth-order valence-electron chi connectivity index (χ4n) is 2.91. The van der Waals surface area contributed by atoms with E-state index in [9.17, 15) is 0 Å². The highest BCUT2D eigenvalue weighted by Gasteiger charge is 2.21. The largest absolute Gasteiger partial charge is 0.358 e. The van der Waals surface area contributed by atoms with E-state index < -0.39 is 0 Å². The first kappa shape index (κ1) is 12.1. The van der Waals surface area contributed by atoms with Gasteiger partial charge in [0.05, 0.1) is 0 Å². The summed E-state index contributed by atoms with van der Waals surface area (Å²) in [7, 11) is 0. The van der Waals surface area contributed by atoms with Crippen molar-refractivity contribution in [3.63, 3.8) is 0 Å². The molecular weight excluding hydrogens is 244 g/mol. The quantitative estimate of drug-likeness (QED) is 0.868. The van der Waals surface area contributed by atoms with Crippen LogP contribution in [0.3, 0.4) is 0 Å². The third-order valence-corrected chi connectivity index (χ3v) is 4.07. The number of rotatable bonds is 3. The highest BCUT2D eigenvalue weighted by molar-refractivity contribution is 6.31. The molecule has 0 aliphatic heterocycles. The van der Waals surface area contributed by atoms with Gasteiger partial charge in [-0.15, -0.1) is 0 Å². The van der Waals surface area contributed by atoms with Crippen molar-refractivity contribution < 1.29 is 0 Å². The predicted molar refractivity (Wildman–Crippen MR) is 77.4 cm³/mol. The number of aryl methyl sites for hydroxylation is 1. The Hall–Kier alpha value is -0.990. The molecule has 0 amide bonds. The van der Waals surface area contributed by atoms with E-state index in [2.05, 4.69) is 29.4 Å². The summed E-state index contributed by atoms with van der Waals surface area (Å²) >= 11 is 6.11. The molecule has 0 radical (unpaired) electrons. The molecule has 1 aromatic heterocycles. The number of H-pyrrole nitrogens is 1. The summed E-state index contributed by atoms with van der Waals surface area (Å²) in [4.78, 5) is 3.53. The zero-order chi connectivity index (χ0) is 12.5. The van der Waals surface area contributed by atoms with Gasteiger partial charge < -0.3 is 10.3 Å². The lowest BCUT2D eigenvalue weighted by Gasteiger charge is -2.23. The van der Waals surface area contributed by atoms with Crippen LogP contribution in [0.5, 0.6) is 0 Å². The highest BCUT2D eigenvalue weighted by Crippen LogP contribution is 2.30. The molecule has 2 nitrogen and oxygen atoms in total. The number of hydrogen-bond acceptors (Lipinski definition) is 1. The Morgan fingerprint density at radius 3 is 3.17 bits per heavy atom. The van der Waals surface area contributed by atoms with Gasteiger partial charge in [-0.3, -0.25) is 0 Å². The molecule has 3 rings (SSSR count). The van der Waals surface area contributed by atoms with E-state index in [0.29, 0.717) is 6.04 Å². The van der Waals surface area contributed by atoms with Gasteiger partial charge in [0.2, 0.25) is 0 Å². The lowest BCUT2D eigenvalue weighted by molar-refractivity contribution is 0.458. The molecule has 96 valence electrons. The first-order valence-electron chi connectivity index (χ1n) is 6.80. The SMILES string of the molecule is CCCNC1CCc2[nH]c3ccc(Cl)cc3c2C1. The highest BCUT2D eigenvalue weighted by atomic mass is 35.5. The molecule has 1 aliphatic rings. The summed E-state index contributed by atoms with van der Waals surface area (Å²) in [6.45, 7) is 3.33. The maximum absolute atomic E-state index is 6.11. The molecule has 1 atom stereocenters. The Morgan fingerprint density at radius 1 is 1.44 bits per heavy atom. The first-order chi connectivity index (χ1) is 8.78. The van der Waals surface area contributed by atoms with Gasteiger partial charge in [0.25, 0.3) is 0 Å². The molecule has 1 unspecified atom stereocenters. The zero-order valence-electron chi connectivity index (χ0n) is 10.7. The van der Waals surface area contributed by atoms with E-state index in [1.54, 1.807) is 0 Å². The van der Waals surface area contributed by atoms with E-state index >= 15 is 0 Å². The molecule has 18 heavy (non-hydrogen) atoms. The van der Waals surface area contributed by atoms with Gasteiger partial charge in [0, 0.05) is 27.7 Å². The third-order valence-electron chi connectivity index (χ3n) is 3.83. The van der Waals surface area contributed by atoms with Crippen molar-refractivity contribution in [2.75, 3.05) is 6.54 Å². The van der Waals surface area contributed by atoms with Crippen LogP contribution < -0.4 is 5.32 Å². The van der Waals surface area contributed by atoms with E-state index in [0.717, 1.165) is 24.4 Å². The summed E-state index contributed by atoms with van der Waals surface area (Å²) in [5, 5.41) is 5.77. The van der Waals surface area contributed by atoms with E-state index in [4.69, 9.17) is 11.6 Å². The Morgan fingerprint density at radius 2 is 2.33 bits per heavy atom. The van der Waals surface area contributed by atoms with Crippen molar-refractivity contribution in [1.82, 2.24) is 10.3 Å². The number of aromatic nitrogens is 1. The van der Waals surface area contributed by atoms with Crippen molar-refractivity contribution >= 4 is 22.5 Å². The smallest absolute Gasteiger partial charge is 0.0460 e. The Kier molecular flexibility index (Phi) is 3.31. The second kappa shape index (κ2) is 4.94. The maximum atomic E-state index is 6.11. The molecule has 2 N–H and O–H groups in total. The Bertz CT molecular complexity index is 559. The van der Waals surface area contributed by atoms with Crippen LogP contribution in [0.25, 0.3) is 10.9 Å². The number of benzene rings is 1. The molecule has 0 saturated heterocycles. The molecule has 2 aromatic rings. The van der Waals surface area contributed by atoms with Crippen LogP contribution in [0.4, 0.5) is 0 Å². The van der Waals surface area contributed by atoms with Crippen LogP contribution in [0.2, 0.25) is 5.02 Å². The van der Waals surface area contributed by atoms with Gasteiger partial charge in [-0.2, -0.15) is 0 Å². The standard InChI is InChI=1S/C15H19ClN2/c1-2-7-17-11-4-6-15-13(9-11)12-8-10(16)3-5-14(12)18-15/h3,5,8,11,17-18H,2,4,6-7,9H2,1H3. The van der Waals surface area contributed by atoms with Gasteiger partial charge in [0.15, 0.2) is 0 Å². The van der Waals surface area contributed by atoms with Crippen molar-refractivity contribution in [2.24, 2.45) is 0 Å². The van der Waals surface area contributed by atoms with Gasteiger partial charge in [-0.25, -0.2) is 0 Å². The summed E-state index contributed by atoms with van der Waals surface area (Å²) in [5.41, 5.74) is 4.09. The number of halogens is 1. The van der Waals surface area contributed by atoms with Crippen LogP contribution in [-0.2, 0) is 12.8 Å². The number of nitrogens with one attached hydrogen (secondary N) is 2. The number of fused-ring (bicyclic) bond motifs is 3. The minimum atomic E-state index is 0.621. The van der Waals surface area contributed by atoms with Gasteiger partial charge in [-0.1, -0.05) is 18.5 Å². The van der Waals surface area contributed by atoms with Crippen LogP contribution >= 0.6 is 11.6 Å². The molecule has 0 saturated carbocycles. The summed E-state index contributed by atoms with van der Waals surface area (Å²) in [6.07, 6.45) is 4.69. The molecule has 0 fully saturated rings. The van der Waals surface area contributed by atoms with Crippen molar-refractivity contribution in [3.8, 4) is 0 Å². The van der Waals surface area contributed by atoms with Crippen LogP contribution in [0.15, 0.2) is 18.2 Å². The van der Waals surface area contributed by atoms with Gasteiger partial charge in [-0.05, 0) is 56.0 Å². The van der Waals surface area contributed by atoms with Crippen molar-refractivity contribution in [2.45, 2.75) is 38.6 Å². The summed E-state index contributed by atoms with van der Waals surface area (Å²) in [5.74, 6) is 0. The second-order valence-electron chi connectivity index (χ2n) is 5.17. The zero-order valence-corrected chi connectivity index (χ0v) is 11.5. The van der Waals surface area contributed by atoms with E-state index in [1.807, 2.05) is 6.07 Å². The molecule has 1 aliphatic carbocycles. The van der Waals surface area contributed by atoms with Crippen molar-refractivity contribution in [3.05, 3.63) is 34.5 Å². The number of aromatic amines is 1. The topological polar surface area (TPSA) is 27.8 Å². The third kappa shape index (κ3) is 2.15. The minimum Gasteiger partial charge on any atom is -0.358 e. The molecule has 0 bridgehead atoms. The van der Waals surface area contributed by atoms with Crippen LogP contribution in [-0.4, -0.2) is 17.6 Å². The molecule has 0 spiro atoms. The van der Waals surface area contributed by atoms with Gasteiger partial charge >= 0.3 is 0 Å².